The number of ketones is 1. The Hall–Kier alpha value is -3.30. The molecule has 5 nitrogen and oxygen atoms in total. The van der Waals surface area contributed by atoms with Gasteiger partial charge in [-0.25, -0.2) is 0 Å². The molecule has 1 heterocycles. The zero-order valence-corrected chi connectivity index (χ0v) is 17.3. The predicted octanol–water partition coefficient (Wildman–Crippen LogP) is 5.46. The molecule has 0 radical (unpaired) electrons. The van der Waals surface area contributed by atoms with Gasteiger partial charge in [0.05, 0.1) is 5.69 Å². The maximum absolute atomic E-state index is 13.0. The topological polar surface area (TPSA) is 79.3 Å². The van der Waals surface area contributed by atoms with Crippen molar-refractivity contribution in [2.45, 2.75) is 20.3 Å². The molecule has 0 fully saturated rings. The lowest BCUT2D eigenvalue weighted by atomic mass is 10.1. The molecule has 2 N–H and O–H groups in total. The lowest BCUT2D eigenvalue weighted by molar-refractivity contribution is 0.104. The molecule has 1 aromatic heterocycles. The third kappa shape index (κ3) is 4.41. The normalized spacial score (nSPS) is 10.4. The molecule has 0 saturated carbocycles. The first-order valence-corrected chi connectivity index (χ1v) is 10.4. The van der Waals surface area contributed by atoms with Crippen molar-refractivity contribution < 1.29 is 9.53 Å². The number of hydrogen-bond acceptors (Lipinski definition) is 6. The van der Waals surface area contributed by atoms with Crippen molar-refractivity contribution in [3.63, 3.8) is 0 Å². The number of carbonyl (C=O) groups is 1. The number of hydrogen-bond donors (Lipinski definition) is 1. The number of ether oxygens (including phenoxy) is 1. The molecule has 29 heavy (non-hydrogen) atoms. The molecule has 0 aliphatic carbocycles. The summed E-state index contributed by atoms with van der Waals surface area (Å²) in [4.78, 5) is 15.5. The monoisotopic (exact) mass is 405 g/mol. The van der Waals surface area contributed by atoms with E-state index in [0.29, 0.717) is 21.8 Å². The second kappa shape index (κ2) is 9.26. The standard InChI is InChI=1S/C23H23N3O2S/c1-3-14-26(4-2)23-19(15-24)20(25)22(29-23)21(27)16-10-12-18(13-11-16)28-17-8-6-5-7-9-17/h5-13H,3-4,14,25H2,1-2H3. The first kappa shape index (κ1) is 20.4. The van der Waals surface area contributed by atoms with E-state index in [2.05, 4.69) is 17.9 Å². The number of benzene rings is 2. The molecule has 6 heteroatoms. The molecule has 0 atom stereocenters. The Morgan fingerprint density at radius 2 is 1.76 bits per heavy atom. The largest absolute Gasteiger partial charge is 0.457 e. The van der Waals surface area contributed by atoms with Gasteiger partial charge in [-0.05, 0) is 49.7 Å². The molecule has 2 aromatic carbocycles. The lowest BCUT2D eigenvalue weighted by Gasteiger charge is -2.20. The van der Waals surface area contributed by atoms with Gasteiger partial charge in [0.1, 0.15) is 33.0 Å². The number of anilines is 2. The van der Waals surface area contributed by atoms with Gasteiger partial charge in [-0.15, -0.1) is 11.3 Å². The molecule has 0 bridgehead atoms. The molecule has 0 spiro atoms. The van der Waals surface area contributed by atoms with Gasteiger partial charge in [0.15, 0.2) is 0 Å². The number of nitriles is 1. The Labute approximate surface area is 175 Å². The number of carbonyl (C=O) groups excluding carboxylic acids is 1. The van der Waals surface area contributed by atoms with Gasteiger partial charge in [-0.3, -0.25) is 4.79 Å². The number of para-hydroxylation sites is 1. The minimum Gasteiger partial charge on any atom is -0.457 e. The van der Waals surface area contributed by atoms with Crippen molar-refractivity contribution in [3.8, 4) is 17.6 Å². The molecule has 0 saturated heterocycles. The SMILES string of the molecule is CCCN(CC)c1sc(C(=O)c2ccc(Oc3ccccc3)cc2)c(N)c1C#N. The summed E-state index contributed by atoms with van der Waals surface area (Å²) in [5.74, 6) is 1.19. The summed E-state index contributed by atoms with van der Waals surface area (Å²) in [6.45, 7) is 5.67. The Kier molecular flexibility index (Phi) is 6.53. The van der Waals surface area contributed by atoms with Crippen LogP contribution >= 0.6 is 11.3 Å². The van der Waals surface area contributed by atoms with Crippen LogP contribution in [0.15, 0.2) is 54.6 Å². The van der Waals surface area contributed by atoms with Gasteiger partial charge < -0.3 is 15.4 Å². The summed E-state index contributed by atoms with van der Waals surface area (Å²) in [6.07, 6.45) is 0.947. The van der Waals surface area contributed by atoms with Crippen molar-refractivity contribution in [3.05, 3.63) is 70.6 Å². The summed E-state index contributed by atoms with van der Waals surface area (Å²) in [5.41, 5.74) is 7.34. The molecular weight excluding hydrogens is 382 g/mol. The minimum atomic E-state index is -0.186. The van der Waals surface area contributed by atoms with Crippen LogP contribution < -0.4 is 15.4 Å². The highest BCUT2D eigenvalue weighted by Crippen LogP contribution is 2.39. The van der Waals surface area contributed by atoms with Crippen LogP contribution in [0.4, 0.5) is 10.7 Å². The van der Waals surface area contributed by atoms with E-state index in [1.807, 2.05) is 37.3 Å². The van der Waals surface area contributed by atoms with Crippen LogP contribution in [0.1, 0.15) is 41.1 Å². The summed E-state index contributed by atoms with van der Waals surface area (Å²) < 4.78 is 5.77. The van der Waals surface area contributed by atoms with Crippen LogP contribution in [0.25, 0.3) is 0 Å². The number of nitrogens with two attached hydrogens (primary N) is 1. The van der Waals surface area contributed by atoms with Crippen molar-refractivity contribution in [2.24, 2.45) is 0 Å². The number of nitrogen functional groups attached to an aromatic ring is 1. The molecule has 0 unspecified atom stereocenters. The van der Waals surface area contributed by atoms with Crippen molar-refractivity contribution in [2.75, 3.05) is 23.7 Å². The molecule has 148 valence electrons. The van der Waals surface area contributed by atoms with Crippen LogP contribution in [0, 0.1) is 11.3 Å². The third-order valence-corrected chi connectivity index (χ3v) is 5.77. The molecular formula is C23H23N3O2S. The van der Waals surface area contributed by atoms with Crippen molar-refractivity contribution in [1.82, 2.24) is 0 Å². The van der Waals surface area contributed by atoms with Gasteiger partial charge in [-0.1, -0.05) is 25.1 Å². The van der Waals surface area contributed by atoms with Crippen molar-refractivity contribution in [1.29, 1.82) is 5.26 Å². The molecule has 0 aliphatic heterocycles. The van der Waals surface area contributed by atoms with E-state index in [-0.39, 0.29) is 11.5 Å². The summed E-state index contributed by atoms with van der Waals surface area (Å²) >= 11 is 1.29. The lowest BCUT2D eigenvalue weighted by Crippen LogP contribution is -2.23. The van der Waals surface area contributed by atoms with E-state index >= 15 is 0 Å². The van der Waals surface area contributed by atoms with Gasteiger partial charge in [0.2, 0.25) is 5.78 Å². The summed E-state index contributed by atoms with van der Waals surface area (Å²) in [6, 6.07) is 18.6. The quantitative estimate of drug-likeness (QED) is 0.503. The number of thiophene rings is 1. The average Bonchev–Trinajstić information content (AvgIpc) is 3.08. The van der Waals surface area contributed by atoms with E-state index in [0.717, 1.165) is 30.3 Å². The molecule has 0 aliphatic rings. The van der Waals surface area contributed by atoms with E-state index in [4.69, 9.17) is 10.5 Å². The fraction of sp³-hybridized carbons (Fsp3) is 0.217. The van der Waals surface area contributed by atoms with Crippen LogP contribution in [-0.4, -0.2) is 18.9 Å². The average molecular weight is 406 g/mol. The van der Waals surface area contributed by atoms with Crippen molar-refractivity contribution >= 4 is 27.8 Å². The van der Waals surface area contributed by atoms with E-state index < -0.39 is 0 Å². The second-order valence-electron chi connectivity index (χ2n) is 6.49. The number of rotatable bonds is 8. The fourth-order valence-corrected chi connectivity index (χ4v) is 4.26. The van der Waals surface area contributed by atoms with E-state index in [9.17, 15) is 10.1 Å². The number of nitrogens with zero attached hydrogens (tertiary/aromatic N) is 2. The zero-order chi connectivity index (χ0) is 20.8. The van der Waals surface area contributed by atoms with E-state index in [1.165, 1.54) is 11.3 Å². The first-order chi connectivity index (χ1) is 14.1. The second-order valence-corrected chi connectivity index (χ2v) is 7.48. The van der Waals surface area contributed by atoms with Crippen LogP contribution in [0.5, 0.6) is 11.5 Å². The molecule has 0 amide bonds. The minimum absolute atomic E-state index is 0.186. The Morgan fingerprint density at radius 1 is 1.10 bits per heavy atom. The molecule has 3 rings (SSSR count). The highest BCUT2D eigenvalue weighted by molar-refractivity contribution is 7.19. The van der Waals surface area contributed by atoms with E-state index in [1.54, 1.807) is 24.3 Å². The van der Waals surface area contributed by atoms with Crippen LogP contribution in [0.3, 0.4) is 0 Å². The predicted molar refractivity (Wildman–Crippen MR) is 118 cm³/mol. The maximum Gasteiger partial charge on any atom is 0.205 e. The summed E-state index contributed by atoms with van der Waals surface area (Å²) in [7, 11) is 0. The van der Waals surface area contributed by atoms with Crippen LogP contribution in [0.2, 0.25) is 0 Å². The Morgan fingerprint density at radius 3 is 2.34 bits per heavy atom. The van der Waals surface area contributed by atoms with Gasteiger partial charge in [0.25, 0.3) is 0 Å². The smallest absolute Gasteiger partial charge is 0.205 e. The Bertz CT molecular complexity index is 1020. The first-order valence-electron chi connectivity index (χ1n) is 9.54. The third-order valence-electron chi connectivity index (χ3n) is 4.50. The Balaban J connectivity index is 1.86. The zero-order valence-electron chi connectivity index (χ0n) is 16.5. The van der Waals surface area contributed by atoms with Gasteiger partial charge >= 0.3 is 0 Å². The highest BCUT2D eigenvalue weighted by atomic mass is 32.1. The molecule has 3 aromatic rings. The maximum atomic E-state index is 13.0. The fourth-order valence-electron chi connectivity index (χ4n) is 3.03. The van der Waals surface area contributed by atoms with Crippen LogP contribution in [-0.2, 0) is 0 Å². The summed E-state index contributed by atoms with van der Waals surface area (Å²) in [5, 5.41) is 10.3. The van der Waals surface area contributed by atoms with Gasteiger partial charge in [-0.2, -0.15) is 5.26 Å². The highest BCUT2D eigenvalue weighted by Gasteiger charge is 2.24. The van der Waals surface area contributed by atoms with Gasteiger partial charge in [0, 0.05) is 18.7 Å².